The van der Waals surface area contributed by atoms with Gasteiger partial charge in [0.1, 0.15) is 0 Å². The Labute approximate surface area is 116 Å². The number of hydrogen-bond donors (Lipinski definition) is 2. The third-order valence-electron chi connectivity index (χ3n) is 3.05. The van der Waals surface area contributed by atoms with Crippen molar-refractivity contribution in [3.8, 4) is 0 Å². The molecule has 1 heterocycles. The molecule has 2 aromatic rings. The summed E-state index contributed by atoms with van der Waals surface area (Å²) in [5.41, 5.74) is 1.68. The Morgan fingerprint density at radius 2 is 2.10 bits per heavy atom. The largest absolute Gasteiger partial charge is 0.387 e. The SMILES string of the molecule is Cn1nccc1CNCC(O)c1ccc([N+](=O)[O-])cc1. The molecule has 1 unspecified atom stereocenters. The lowest BCUT2D eigenvalue weighted by molar-refractivity contribution is -0.384. The van der Waals surface area contributed by atoms with Gasteiger partial charge in [-0.05, 0) is 23.8 Å². The first-order valence-electron chi connectivity index (χ1n) is 6.18. The highest BCUT2D eigenvalue weighted by Gasteiger charge is 2.10. The van der Waals surface area contributed by atoms with Crippen LogP contribution in [0, 0.1) is 10.1 Å². The molecule has 0 fully saturated rings. The van der Waals surface area contributed by atoms with Crippen LogP contribution in [0.15, 0.2) is 36.5 Å². The molecule has 1 aromatic heterocycles. The van der Waals surface area contributed by atoms with E-state index in [4.69, 9.17) is 0 Å². The van der Waals surface area contributed by atoms with E-state index in [1.54, 1.807) is 23.0 Å². The van der Waals surface area contributed by atoms with Gasteiger partial charge < -0.3 is 10.4 Å². The van der Waals surface area contributed by atoms with Gasteiger partial charge in [-0.15, -0.1) is 0 Å². The fraction of sp³-hybridized carbons (Fsp3) is 0.308. The Morgan fingerprint density at radius 1 is 1.40 bits per heavy atom. The van der Waals surface area contributed by atoms with E-state index in [0.717, 1.165) is 5.69 Å². The Balaban J connectivity index is 1.87. The fourth-order valence-electron chi connectivity index (χ4n) is 1.85. The molecule has 106 valence electrons. The molecule has 0 saturated carbocycles. The number of non-ortho nitro benzene ring substituents is 1. The summed E-state index contributed by atoms with van der Waals surface area (Å²) in [6, 6.07) is 7.80. The minimum Gasteiger partial charge on any atom is -0.387 e. The Morgan fingerprint density at radius 3 is 2.65 bits per heavy atom. The standard InChI is InChI=1S/C13H16N4O3/c1-16-12(6-7-15-16)8-14-9-13(18)10-2-4-11(5-3-10)17(19)20/h2-7,13-14,18H,8-9H2,1H3. The minimum absolute atomic E-state index is 0.0174. The highest BCUT2D eigenvalue weighted by molar-refractivity contribution is 5.33. The van der Waals surface area contributed by atoms with Gasteiger partial charge in [0, 0.05) is 38.5 Å². The van der Waals surface area contributed by atoms with Gasteiger partial charge in [0.2, 0.25) is 0 Å². The predicted octanol–water partition coefficient (Wildman–Crippen LogP) is 1.15. The molecule has 2 N–H and O–H groups in total. The topological polar surface area (TPSA) is 93.2 Å². The van der Waals surface area contributed by atoms with Gasteiger partial charge in [0.15, 0.2) is 0 Å². The molecule has 0 aliphatic carbocycles. The second kappa shape index (κ2) is 6.27. The van der Waals surface area contributed by atoms with Crippen molar-refractivity contribution >= 4 is 5.69 Å². The molecule has 7 nitrogen and oxygen atoms in total. The lowest BCUT2D eigenvalue weighted by Crippen LogP contribution is -2.22. The number of aromatic nitrogens is 2. The first-order valence-corrected chi connectivity index (χ1v) is 6.18. The number of aliphatic hydroxyl groups is 1. The average Bonchev–Trinajstić information content (AvgIpc) is 2.84. The second-order valence-electron chi connectivity index (χ2n) is 4.44. The first-order chi connectivity index (χ1) is 9.58. The Bertz CT molecular complexity index is 580. The van der Waals surface area contributed by atoms with E-state index in [1.165, 1.54) is 12.1 Å². The van der Waals surface area contributed by atoms with E-state index in [2.05, 4.69) is 10.4 Å². The maximum Gasteiger partial charge on any atom is 0.269 e. The highest BCUT2D eigenvalue weighted by atomic mass is 16.6. The summed E-state index contributed by atoms with van der Waals surface area (Å²) in [5.74, 6) is 0. The molecule has 1 atom stereocenters. The molecule has 7 heteroatoms. The summed E-state index contributed by atoms with van der Waals surface area (Å²) in [7, 11) is 1.85. The van der Waals surface area contributed by atoms with Crippen molar-refractivity contribution in [1.29, 1.82) is 0 Å². The predicted molar refractivity (Wildman–Crippen MR) is 73.0 cm³/mol. The van der Waals surface area contributed by atoms with E-state index in [9.17, 15) is 15.2 Å². The van der Waals surface area contributed by atoms with E-state index in [-0.39, 0.29) is 5.69 Å². The van der Waals surface area contributed by atoms with Gasteiger partial charge in [-0.3, -0.25) is 14.8 Å². The van der Waals surface area contributed by atoms with E-state index in [0.29, 0.717) is 18.7 Å². The number of nitrogens with zero attached hydrogens (tertiary/aromatic N) is 3. The lowest BCUT2D eigenvalue weighted by atomic mass is 10.1. The van der Waals surface area contributed by atoms with Crippen LogP contribution in [0.25, 0.3) is 0 Å². The van der Waals surface area contributed by atoms with Crippen LogP contribution in [0.1, 0.15) is 17.4 Å². The summed E-state index contributed by atoms with van der Waals surface area (Å²) in [5, 5.41) is 27.7. The van der Waals surface area contributed by atoms with E-state index in [1.807, 2.05) is 13.1 Å². The monoisotopic (exact) mass is 276 g/mol. The number of hydrogen-bond acceptors (Lipinski definition) is 5. The zero-order chi connectivity index (χ0) is 14.5. The van der Waals surface area contributed by atoms with Crippen molar-refractivity contribution in [3.63, 3.8) is 0 Å². The molecular formula is C13H16N4O3. The zero-order valence-electron chi connectivity index (χ0n) is 11.1. The molecule has 1 aromatic carbocycles. The van der Waals surface area contributed by atoms with Crippen molar-refractivity contribution in [2.24, 2.45) is 7.05 Å². The van der Waals surface area contributed by atoms with Crippen LogP contribution in [0.5, 0.6) is 0 Å². The number of nitro benzene ring substituents is 1. The third kappa shape index (κ3) is 3.40. The lowest BCUT2D eigenvalue weighted by Gasteiger charge is -2.12. The maximum absolute atomic E-state index is 10.5. The fourth-order valence-corrected chi connectivity index (χ4v) is 1.85. The van der Waals surface area contributed by atoms with Crippen LogP contribution in [0.3, 0.4) is 0 Å². The van der Waals surface area contributed by atoms with Crippen LogP contribution in [0.2, 0.25) is 0 Å². The summed E-state index contributed by atoms with van der Waals surface area (Å²) >= 11 is 0. The molecule has 20 heavy (non-hydrogen) atoms. The van der Waals surface area contributed by atoms with Crippen LogP contribution in [-0.4, -0.2) is 26.4 Å². The third-order valence-corrected chi connectivity index (χ3v) is 3.05. The Hall–Kier alpha value is -2.25. The number of aliphatic hydroxyl groups excluding tert-OH is 1. The minimum atomic E-state index is -0.705. The molecule has 0 aliphatic rings. The molecule has 0 spiro atoms. The van der Waals surface area contributed by atoms with Gasteiger partial charge in [0.25, 0.3) is 5.69 Å². The smallest absolute Gasteiger partial charge is 0.269 e. The van der Waals surface area contributed by atoms with E-state index >= 15 is 0 Å². The van der Waals surface area contributed by atoms with Gasteiger partial charge in [0.05, 0.1) is 16.7 Å². The van der Waals surface area contributed by atoms with Crippen LogP contribution >= 0.6 is 0 Å². The second-order valence-corrected chi connectivity index (χ2v) is 4.44. The van der Waals surface area contributed by atoms with Crippen molar-refractivity contribution in [1.82, 2.24) is 15.1 Å². The van der Waals surface area contributed by atoms with Crippen LogP contribution in [-0.2, 0) is 13.6 Å². The molecule has 0 aliphatic heterocycles. The molecular weight excluding hydrogens is 260 g/mol. The van der Waals surface area contributed by atoms with Gasteiger partial charge >= 0.3 is 0 Å². The van der Waals surface area contributed by atoms with Crippen LogP contribution < -0.4 is 5.32 Å². The quantitative estimate of drug-likeness (QED) is 0.610. The Kier molecular flexibility index (Phi) is 4.44. The van der Waals surface area contributed by atoms with E-state index < -0.39 is 11.0 Å². The normalized spacial score (nSPS) is 12.3. The van der Waals surface area contributed by atoms with Crippen molar-refractivity contribution < 1.29 is 10.0 Å². The molecule has 0 bridgehead atoms. The average molecular weight is 276 g/mol. The number of benzene rings is 1. The first kappa shape index (κ1) is 14.2. The molecule has 0 radical (unpaired) electrons. The molecule has 0 amide bonds. The van der Waals surface area contributed by atoms with Gasteiger partial charge in [-0.1, -0.05) is 0 Å². The van der Waals surface area contributed by atoms with Crippen molar-refractivity contribution in [3.05, 3.63) is 57.9 Å². The van der Waals surface area contributed by atoms with Crippen molar-refractivity contribution in [2.75, 3.05) is 6.54 Å². The summed E-state index contributed by atoms with van der Waals surface area (Å²) in [6.07, 6.45) is 1.01. The maximum atomic E-state index is 10.5. The molecule has 0 saturated heterocycles. The number of nitrogens with one attached hydrogen (secondary N) is 1. The summed E-state index contributed by atoms with van der Waals surface area (Å²) in [4.78, 5) is 10.1. The van der Waals surface area contributed by atoms with Crippen LogP contribution in [0.4, 0.5) is 5.69 Å². The number of nitro groups is 1. The molecule has 2 rings (SSSR count). The summed E-state index contributed by atoms with van der Waals surface area (Å²) in [6.45, 7) is 0.962. The summed E-state index contributed by atoms with van der Waals surface area (Å²) < 4.78 is 1.76. The van der Waals surface area contributed by atoms with Gasteiger partial charge in [-0.25, -0.2) is 0 Å². The van der Waals surface area contributed by atoms with Gasteiger partial charge in [-0.2, -0.15) is 5.10 Å². The highest BCUT2D eigenvalue weighted by Crippen LogP contribution is 2.17. The zero-order valence-corrected chi connectivity index (χ0v) is 11.1. The number of rotatable bonds is 6. The number of aryl methyl sites for hydroxylation is 1. The van der Waals surface area contributed by atoms with Crippen molar-refractivity contribution in [2.45, 2.75) is 12.6 Å².